The molecule has 4 aromatic heterocycles. The van der Waals surface area contributed by atoms with Crippen LogP contribution in [-0.2, 0) is 0 Å². The number of hydrogen-bond donors (Lipinski definition) is 1. The van der Waals surface area contributed by atoms with Gasteiger partial charge in [-0.15, -0.1) is 11.3 Å². The number of imidazole rings is 2. The highest BCUT2D eigenvalue weighted by molar-refractivity contribution is 7.15. The largest absolute Gasteiger partial charge is 0.342 e. The second-order valence-electron chi connectivity index (χ2n) is 4.55. The number of nitrogens with one attached hydrogen (secondary N) is 1. The molecule has 0 aliphatic rings. The fraction of sp³-hybridized carbons (Fsp3) is 0.167. The van der Waals surface area contributed by atoms with E-state index in [1.807, 2.05) is 29.1 Å². The summed E-state index contributed by atoms with van der Waals surface area (Å²) in [5.41, 5.74) is 2.92. The first-order chi connectivity index (χ1) is 10.2. The monoisotopic (exact) mass is 318 g/mol. The Morgan fingerprint density at radius 1 is 1.29 bits per heavy atom. The topological polar surface area (TPSA) is 76.6 Å². The van der Waals surface area contributed by atoms with Crippen LogP contribution in [0.15, 0.2) is 29.5 Å². The molecule has 0 radical (unpaired) electrons. The molecule has 0 fully saturated rings. The van der Waals surface area contributed by atoms with E-state index < -0.39 is 0 Å². The third kappa shape index (κ3) is 2.10. The smallest absolute Gasteiger partial charge is 0.272 e. The lowest BCUT2D eigenvalue weighted by molar-refractivity contribution is 0.0935. The number of fused-ring (bicyclic) bond motifs is 2. The number of rotatable bonds is 3. The minimum Gasteiger partial charge on any atom is -0.342 e. The standard InChI is InChI=1S/C12H10N6OS2/c1-7(8-5-18-12(15-8)21-6-13-18)14-10(19)9-4-17-2-3-20-11(17)16-9/h2-7H,1H3,(H,14,19)/t7-/m1/s1. The zero-order valence-electron chi connectivity index (χ0n) is 10.9. The average molecular weight is 318 g/mol. The molecule has 0 spiro atoms. The van der Waals surface area contributed by atoms with Crippen LogP contribution in [-0.4, -0.2) is 29.9 Å². The Kier molecular flexibility index (Phi) is 2.76. The van der Waals surface area contributed by atoms with Gasteiger partial charge in [-0.05, 0) is 6.92 Å². The van der Waals surface area contributed by atoms with E-state index in [4.69, 9.17) is 0 Å². The van der Waals surface area contributed by atoms with Gasteiger partial charge in [0.05, 0.1) is 17.9 Å². The zero-order valence-corrected chi connectivity index (χ0v) is 12.6. The van der Waals surface area contributed by atoms with Gasteiger partial charge in [-0.1, -0.05) is 11.3 Å². The first kappa shape index (κ1) is 12.5. The Balaban J connectivity index is 1.55. The quantitative estimate of drug-likeness (QED) is 0.627. The summed E-state index contributed by atoms with van der Waals surface area (Å²) in [5.74, 6) is -0.206. The summed E-state index contributed by atoms with van der Waals surface area (Å²) in [5, 5.41) is 8.96. The Labute approximate surface area is 126 Å². The average Bonchev–Trinajstić information content (AvgIpc) is 3.16. The van der Waals surface area contributed by atoms with Crippen molar-refractivity contribution in [3.63, 3.8) is 0 Å². The van der Waals surface area contributed by atoms with Crippen LogP contribution >= 0.6 is 22.7 Å². The molecular weight excluding hydrogens is 308 g/mol. The Morgan fingerprint density at radius 2 is 2.19 bits per heavy atom. The van der Waals surface area contributed by atoms with Crippen LogP contribution in [0, 0.1) is 0 Å². The molecule has 106 valence electrons. The third-order valence-electron chi connectivity index (χ3n) is 3.12. The van der Waals surface area contributed by atoms with Crippen LogP contribution in [0.25, 0.3) is 9.92 Å². The number of aromatic nitrogens is 5. The summed E-state index contributed by atoms with van der Waals surface area (Å²) < 4.78 is 3.54. The Bertz CT molecular complexity index is 875. The van der Waals surface area contributed by atoms with Gasteiger partial charge in [0.25, 0.3) is 5.91 Å². The molecule has 0 aromatic carbocycles. The molecule has 0 unspecified atom stereocenters. The van der Waals surface area contributed by atoms with Crippen LogP contribution in [0.5, 0.6) is 0 Å². The summed E-state index contributed by atoms with van der Waals surface area (Å²) in [6.45, 7) is 1.89. The van der Waals surface area contributed by atoms with Crippen molar-refractivity contribution >= 4 is 38.5 Å². The van der Waals surface area contributed by atoms with Gasteiger partial charge in [0, 0.05) is 17.8 Å². The van der Waals surface area contributed by atoms with Crippen molar-refractivity contribution < 1.29 is 4.79 Å². The molecule has 4 rings (SSSR count). The van der Waals surface area contributed by atoms with E-state index in [0.717, 1.165) is 15.6 Å². The summed E-state index contributed by atoms with van der Waals surface area (Å²) in [4.78, 5) is 22.6. The summed E-state index contributed by atoms with van der Waals surface area (Å²) >= 11 is 2.95. The van der Waals surface area contributed by atoms with E-state index >= 15 is 0 Å². The lowest BCUT2D eigenvalue weighted by atomic mass is 10.2. The van der Waals surface area contributed by atoms with E-state index in [0.29, 0.717) is 5.69 Å². The summed E-state index contributed by atoms with van der Waals surface area (Å²) in [6.07, 6.45) is 5.42. The van der Waals surface area contributed by atoms with Crippen molar-refractivity contribution in [3.8, 4) is 0 Å². The van der Waals surface area contributed by atoms with Crippen molar-refractivity contribution in [3.05, 3.63) is 40.9 Å². The highest BCUT2D eigenvalue weighted by Crippen LogP contribution is 2.16. The van der Waals surface area contributed by atoms with Crippen molar-refractivity contribution in [1.82, 2.24) is 29.3 Å². The number of amides is 1. The Morgan fingerprint density at radius 3 is 3.00 bits per heavy atom. The lowest BCUT2D eigenvalue weighted by Crippen LogP contribution is -2.27. The minimum absolute atomic E-state index is 0.203. The molecule has 1 atom stereocenters. The summed E-state index contributed by atoms with van der Waals surface area (Å²) in [6, 6.07) is -0.203. The highest BCUT2D eigenvalue weighted by Gasteiger charge is 2.17. The van der Waals surface area contributed by atoms with Crippen LogP contribution < -0.4 is 5.32 Å². The van der Waals surface area contributed by atoms with E-state index in [1.165, 1.54) is 22.7 Å². The van der Waals surface area contributed by atoms with Gasteiger partial charge in [0.15, 0.2) is 4.96 Å². The predicted molar refractivity (Wildman–Crippen MR) is 79.8 cm³/mol. The van der Waals surface area contributed by atoms with Gasteiger partial charge in [-0.3, -0.25) is 9.20 Å². The molecule has 4 aromatic rings. The van der Waals surface area contributed by atoms with E-state index in [2.05, 4.69) is 20.4 Å². The second-order valence-corrected chi connectivity index (χ2v) is 6.23. The lowest BCUT2D eigenvalue weighted by Gasteiger charge is -2.09. The van der Waals surface area contributed by atoms with Crippen molar-refractivity contribution in [2.45, 2.75) is 13.0 Å². The molecule has 0 aliphatic carbocycles. The second kappa shape index (κ2) is 4.64. The number of carbonyl (C=O) groups excluding carboxylic acids is 1. The SMILES string of the molecule is C[C@@H](NC(=O)c1cn2ccsc2n1)c1cn2ncsc2n1. The molecule has 0 saturated carbocycles. The number of hydrogen-bond acceptors (Lipinski definition) is 6. The molecule has 1 amide bonds. The van der Waals surface area contributed by atoms with Crippen molar-refractivity contribution in [2.75, 3.05) is 0 Å². The van der Waals surface area contributed by atoms with Crippen LogP contribution in [0.4, 0.5) is 0 Å². The molecule has 1 N–H and O–H groups in total. The van der Waals surface area contributed by atoms with Gasteiger partial charge >= 0.3 is 0 Å². The minimum atomic E-state index is -0.206. The maximum atomic E-state index is 12.2. The van der Waals surface area contributed by atoms with E-state index in [-0.39, 0.29) is 11.9 Å². The molecule has 9 heteroatoms. The van der Waals surface area contributed by atoms with Crippen molar-refractivity contribution in [1.29, 1.82) is 0 Å². The summed E-state index contributed by atoms with van der Waals surface area (Å²) in [7, 11) is 0. The first-order valence-electron chi connectivity index (χ1n) is 6.22. The van der Waals surface area contributed by atoms with Crippen LogP contribution in [0.2, 0.25) is 0 Å². The molecule has 21 heavy (non-hydrogen) atoms. The van der Waals surface area contributed by atoms with Crippen LogP contribution in [0.3, 0.4) is 0 Å². The van der Waals surface area contributed by atoms with Gasteiger partial charge in [0.1, 0.15) is 11.2 Å². The fourth-order valence-electron chi connectivity index (χ4n) is 2.05. The molecular formula is C12H10N6OS2. The molecule has 7 nitrogen and oxygen atoms in total. The van der Waals surface area contributed by atoms with E-state index in [9.17, 15) is 4.79 Å². The normalized spacial score (nSPS) is 13.0. The Hall–Kier alpha value is -2.26. The zero-order chi connectivity index (χ0) is 14.4. The number of nitrogens with zero attached hydrogens (tertiary/aromatic N) is 5. The number of carbonyl (C=O) groups is 1. The van der Waals surface area contributed by atoms with Gasteiger partial charge in [0.2, 0.25) is 4.96 Å². The fourth-order valence-corrected chi connectivity index (χ4v) is 3.35. The maximum absolute atomic E-state index is 12.2. The maximum Gasteiger partial charge on any atom is 0.272 e. The number of thiazole rings is 1. The first-order valence-corrected chi connectivity index (χ1v) is 7.98. The molecule has 0 saturated heterocycles. The van der Waals surface area contributed by atoms with Gasteiger partial charge < -0.3 is 5.32 Å². The third-order valence-corrected chi connectivity index (χ3v) is 4.58. The predicted octanol–water partition coefficient (Wildman–Crippen LogP) is 1.99. The van der Waals surface area contributed by atoms with E-state index in [1.54, 1.807) is 16.2 Å². The van der Waals surface area contributed by atoms with Crippen LogP contribution in [0.1, 0.15) is 29.1 Å². The highest BCUT2D eigenvalue weighted by atomic mass is 32.1. The van der Waals surface area contributed by atoms with Gasteiger partial charge in [-0.2, -0.15) is 5.10 Å². The molecule has 4 heterocycles. The molecule has 0 aliphatic heterocycles. The van der Waals surface area contributed by atoms with Crippen molar-refractivity contribution in [2.24, 2.45) is 0 Å². The molecule has 0 bridgehead atoms. The van der Waals surface area contributed by atoms with Gasteiger partial charge in [-0.25, -0.2) is 14.5 Å².